The van der Waals surface area contributed by atoms with Gasteiger partial charge < -0.3 is 23.9 Å². The van der Waals surface area contributed by atoms with Crippen molar-refractivity contribution in [2.75, 3.05) is 20.3 Å². The molecule has 7 nitrogen and oxygen atoms in total. The first-order chi connectivity index (χ1) is 17.5. The minimum atomic E-state index is -0.861. The summed E-state index contributed by atoms with van der Waals surface area (Å²) >= 11 is 1.79. The van der Waals surface area contributed by atoms with E-state index < -0.39 is 5.97 Å². The average molecular weight is 507 g/mol. The van der Waals surface area contributed by atoms with Gasteiger partial charge in [-0.15, -0.1) is 11.3 Å². The van der Waals surface area contributed by atoms with Crippen molar-refractivity contribution in [1.82, 2.24) is 9.55 Å². The average Bonchev–Trinajstić information content (AvgIpc) is 3.44. The second-order valence-corrected chi connectivity index (χ2v) is 10.1. The topological polar surface area (TPSA) is 82.8 Å². The molecule has 0 aliphatic heterocycles. The van der Waals surface area contributed by atoms with Gasteiger partial charge >= 0.3 is 5.97 Å². The summed E-state index contributed by atoms with van der Waals surface area (Å²) in [6.07, 6.45) is 7.27. The molecule has 36 heavy (non-hydrogen) atoms. The van der Waals surface area contributed by atoms with Crippen molar-refractivity contribution >= 4 is 28.2 Å². The maximum atomic E-state index is 11.1. The highest BCUT2D eigenvalue weighted by Crippen LogP contribution is 2.37. The van der Waals surface area contributed by atoms with E-state index in [9.17, 15) is 4.79 Å². The normalized spacial score (nSPS) is 12.9. The van der Waals surface area contributed by atoms with Crippen molar-refractivity contribution in [3.63, 3.8) is 0 Å². The van der Waals surface area contributed by atoms with E-state index in [1.54, 1.807) is 23.0 Å². The third kappa shape index (κ3) is 5.18. The molecule has 5 rings (SSSR count). The van der Waals surface area contributed by atoms with Gasteiger partial charge in [0.2, 0.25) is 0 Å². The van der Waals surface area contributed by atoms with Gasteiger partial charge in [-0.1, -0.05) is 0 Å². The number of thiazole rings is 1. The molecular formula is C28H30N2O5S. The van der Waals surface area contributed by atoms with E-state index >= 15 is 0 Å². The van der Waals surface area contributed by atoms with Crippen LogP contribution in [0.4, 0.5) is 0 Å². The first-order valence-corrected chi connectivity index (χ1v) is 13.1. The molecule has 2 aromatic carbocycles. The number of nitrogens with zero attached hydrogens (tertiary/aromatic N) is 2. The van der Waals surface area contributed by atoms with Gasteiger partial charge in [-0.25, -0.2) is 4.98 Å². The highest BCUT2D eigenvalue weighted by atomic mass is 32.1. The summed E-state index contributed by atoms with van der Waals surface area (Å²) in [5.41, 5.74) is 4.23. The minimum Gasteiger partial charge on any atom is -0.493 e. The SMILES string of the molecule is COc1cc(-c2nc3c(s2)CCCC3)ccc1OCCCOc1ccc2c(c1)c(C)cn2CC(=O)O. The second kappa shape index (κ2) is 10.6. The van der Waals surface area contributed by atoms with Crippen LogP contribution in [-0.4, -0.2) is 41.0 Å². The molecule has 2 aromatic heterocycles. The molecule has 4 aromatic rings. The zero-order valence-corrected chi connectivity index (χ0v) is 21.4. The van der Waals surface area contributed by atoms with E-state index in [4.69, 9.17) is 24.3 Å². The predicted molar refractivity (Wildman–Crippen MR) is 141 cm³/mol. The van der Waals surface area contributed by atoms with Crippen molar-refractivity contribution in [2.45, 2.75) is 45.6 Å². The molecule has 0 atom stereocenters. The lowest BCUT2D eigenvalue weighted by Crippen LogP contribution is -2.07. The van der Waals surface area contributed by atoms with Crippen LogP contribution in [0.25, 0.3) is 21.5 Å². The first kappa shape index (κ1) is 24.2. The summed E-state index contributed by atoms with van der Waals surface area (Å²) in [5, 5.41) is 11.1. The van der Waals surface area contributed by atoms with E-state index in [-0.39, 0.29) is 6.54 Å². The fourth-order valence-corrected chi connectivity index (χ4v) is 5.79. The molecule has 1 N–H and O–H groups in total. The number of ether oxygens (including phenoxy) is 3. The van der Waals surface area contributed by atoms with Gasteiger partial charge in [-0.2, -0.15) is 0 Å². The van der Waals surface area contributed by atoms with Crippen molar-refractivity contribution in [3.05, 3.63) is 58.7 Å². The maximum absolute atomic E-state index is 11.1. The van der Waals surface area contributed by atoms with Crippen molar-refractivity contribution < 1.29 is 24.1 Å². The van der Waals surface area contributed by atoms with Gasteiger partial charge in [0.25, 0.3) is 0 Å². The Morgan fingerprint density at radius 1 is 1.08 bits per heavy atom. The highest BCUT2D eigenvalue weighted by Gasteiger charge is 2.17. The number of aliphatic carboxylic acids is 1. The summed E-state index contributed by atoms with van der Waals surface area (Å²) in [7, 11) is 1.66. The fourth-order valence-electron chi connectivity index (χ4n) is 4.65. The summed E-state index contributed by atoms with van der Waals surface area (Å²) in [6, 6.07) is 11.7. The van der Waals surface area contributed by atoms with Crippen LogP contribution < -0.4 is 14.2 Å². The van der Waals surface area contributed by atoms with Crippen LogP contribution >= 0.6 is 11.3 Å². The van der Waals surface area contributed by atoms with Gasteiger partial charge in [0.15, 0.2) is 11.5 Å². The molecule has 0 radical (unpaired) electrons. The lowest BCUT2D eigenvalue weighted by atomic mass is 10.0. The third-order valence-electron chi connectivity index (χ3n) is 6.43. The number of hydrogen-bond acceptors (Lipinski definition) is 6. The van der Waals surface area contributed by atoms with Crippen LogP contribution in [0.3, 0.4) is 0 Å². The number of carboxylic acid groups (broad SMARTS) is 1. The molecular weight excluding hydrogens is 476 g/mol. The Balaban J connectivity index is 1.16. The van der Waals surface area contributed by atoms with Crippen molar-refractivity contribution in [2.24, 2.45) is 0 Å². The zero-order chi connectivity index (χ0) is 25.1. The van der Waals surface area contributed by atoms with Crippen LogP contribution in [0.2, 0.25) is 0 Å². The Morgan fingerprint density at radius 2 is 1.92 bits per heavy atom. The quantitative estimate of drug-likeness (QED) is 0.270. The van der Waals surface area contributed by atoms with Crippen LogP contribution in [0, 0.1) is 6.92 Å². The molecule has 0 saturated carbocycles. The van der Waals surface area contributed by atoms with Gasteiger partial charge in [-0.3, -0.25) is 4.79 Å². The van der Waals surface area contributed by atoms with Crippen LogP contribution in [0.5, 0.6) is 17.2 Å². The Hall–Kier alpha value is -3.52. The standard InChI is InChI=1S/C28H30N2O5S/c1-18-16-30(17-27(31)32)23-10-9-20(15-21(18)23)34-12-5-13-35-24-11-8-19(14-25(24)33-2)28-29-22-6-3-4-7-26(22)36-28/h8-11,14-16H,3-7,12-13,17H2,1-2H3,(H,31,32). The molecule has 8 heteroatoms. The van der Waals surface area contributed by atoms with E-state index in [0.29, 0.717) is 31.1 Å². The van der Waals surface area contributed by atoms with Crippen LogP contribution in [0.1, 0.15) is 35.4 Å². The molecule has 0 spiro atoms. The van der Waals surface area contributed by atoms with Crippen molar-refractivity contribution in [3.8, 4) is 27.8 Å². The lowest BCUT2D eigenvalue weighted by molar-refractivity contribution is -0.137. The summed E-state index contributed by atoms with van der Waals surface area (Å²) < 4.78 is 19.3. The molecule has 0 amide bonds. The third-order valence-corrected chi connectivity index (χ3v) is 7.64. The number of aryl methyl sites for hydroxylation is 3. The Morgan fingerprint density at radius 3 is 2.72 bits per heavy atom. The molecule has 0 saturated heterocycles. The number of benzene rings is 2. The van der Waals surface area contributed by atoms with Gasteiger partial charge in [0, 0.05) is 34.0 Å². The summed E-state index contributed by atoms with van der Waals surface area (Å²) in [5.74, 6) is 1.31. The zero-order valence-electron chi connectivity index (χ0n) is 20.6. The molecule has 188 valence electrons. The number of fused-ring (bicyclic) bond motifs is 2. The second-order valence-electron chi connectivity index (χ2n) is 9.02. The fraction of sp³-hybridized carbons (Fsp3) is 0.357. The first-order valence-electron chi connectivity index (χ1n) is 12.3. The molecule has 0 unspecified atom stereocenters. The monoisotopic (exact) mass is 506 g/mol. The van der Waals surface area contributed by atoms with Gasteiger partial charge in [0.05, 0.1) is 26.0 Å². The predicted octanol–water partition coefficient (Wildman–Crippen LogP) is 5.89. The number of carboxylic acids is 1. The minimum absolute atomic E-state index is 0.0573. The molecule has 0 bridgehead atoms. The molecule has 1 aliphatic carbocycles. The maximum Gasteiger partial charge on any atom is 0.323 e. The van der Waals surface area contributed by atoms with Crippen LogP contribution in [0.15, 0.2) is 42.6 Å². The number of rotatable bonds is 10. The van der Waals surface area contributed by atoms with Crippen molar-refractivity contribution in [1.29, 1.82) is 0 Å². The van der Waals surface area contributed by atoms with E-state index in [1.165, 1.54) is 23.4 Å². The van der Waals surface area contributed by atoms with Gasteiger partial charge in [0.1, 0.15) is 17.3 Å². The summed E-state index contributed by atoms with van der Waals surface area (Å²) in [4.78, 5) is 17.4. The largest absolute Gasteiger partial charge is 0.493 e. The molecule has 0 fully saturated rings. The lowest BCUT2D eigenvalue weighted by Gasteiger charge is -2.12. The van der Waals surface area contributed by atoms with Crippen LogP contribution in [-0.2, 0) is 24.2 Å². The van der Waals surface area contributed by atoms with E-state index in [1.807, 2.05) is 49.5 Å². The highest BCUT2D eigenvalue weighted by molar-refractivity contribution is 7.15. The number of methoxy groups -OCH3 is 1. The summed E-state index contributed by atoms with van der Waals surface area (Å²) in [6.45, 7) is 2.92. The Bertz CT molecular complexity index is 1370. The number of carbonyl (C=O) groups is 1. The van der Waals surface area contributed by atoms with Gasteiger partial charge in [-0.05, 0) is 74.6 Å². The number of aromatic nitrogens is 2. The molecule has 1 aliphatic rings. The van der Waals surface area contributed by atoms with E-state index in [0.717, 1.165) is 45.6 Å². The van der Waals surface area contributed by atoms with E-state index in [2.05, 4.69) is 0 Å². The molecule has 2 heterocycles. The smallest absolute Gasteiger partial charge is 0.323 e. The Kier molecular flexibility index (Phi) is 7.13. The Labute approximate surface area is 214 Å². The number of hydrogen-bond donors (Lipinski definition) is 1.